The van der Waals surface area contributed by atoms with Crippen LogP contribution in [0.2, 0.25) is 0 Å². The first-order valence-corrected chi connectivity index (χ1v) is 11.0. The van der Waals surface area contributed by atoms with Crippen molar-refractivity contribution in [3.63, 3.8) is 0 Å². The summed E-state index contributed by atoms with van der Waals surface area (Å²) in [5.41, 5.74) is 1.60. The molecule has 11 heteroatoms. The summed E-state index contributed by atoms with van der Waals surface area (Å²) in [6, 6.07) is 6.85. The van der Waals surface area contributed by atoms with Crippen LogP contribution in [0, 0.1) is 23.7 Å². The minimum absolute atomic E-state index is 0.0258. The van der Waals surface area contributed by atoms with Crippen molar-refractivity contribution in [2.24, 2.45) is 23.7 Å². The van der Waals surface area contributed by atoms with Gasteiger partial charge in [-0.25, -0.2) is 4.68 Å². The van der Waals surface area contributed by atoms with E-state index in [4.69, 9.17) is 5.11 Å². The number of fused-ring (bicyclic) bond motifs is 5. The maximum Gasteiger partial charge on any atom is 0.325 e. The molecule has 1 aromatic heterocycles. The Balaban J connectivity index is 1.18. The highest BCUT2D eigenvalue weighted by molar-refractivity contribution is 6.03. The highest BCUT2D eigenvalue weighted by Gasteiger charge is 2.60. The SMILES string of the molecule is O=C(O)Cn1cc(-c2cccc(NC(=O)CC(=O)N3C[C@@H]4[C@H](C3)[C@H]3C[C@@H]4[C@H](O)[C@@H]3O)c2)nn1. The van der Waals surface area contributed by atoms with Crippen LogP contribution < -0.4 is 5.32 Å². The summed E-state index contributed by atoms with van der Waals surface area (Å²) < 4.78 is 1.21. The fourth-order valence-corrected chi connectivity index (χ4v) is 5.78. The lowest BCUT2D eigenvalue weighted by molar-refractivity contribution is -0.138. The fraction of sp³-hybridized carbons (Fsp3) is 0.500. The van der Waals surface area contributed by atoms with E-state index in [-0.39, 0.29) is 42.5 Å². The van der Waals surface area contributed by atoms with Crippen LogP contribution in [0.4, 0.5) is 5.69 Å². The number of carboxylic acids is 1. The Bertz CT molecular complexity index is 1080. The molecule has 2 bridgehead atoms. The molecule has 4 N–H and O–H groups in total. The van der Waals surface area contributed by atoms with Gasteiger partial charge in [0.05, 0.1) is 18.4 Å². The number of aliphatic carboxylic acids is 1. The second-order valence-electron chi connectivity index (χ2n) is 9.17. The van der Waals surface area contributed by atoms with Crippen LogP contribution in [0.25, 0.3) is 11.3 Å². The van der Waals surface area contributed by atoms with Gasteiger partial charge >= 0.3 is 5.97 Å². The van der Waals surface area contributed by atoms with E-state index in [9.17, 15) is 24.6 Å². The van der Waals surface area contributed by atoms with Crippen LogP contribution in [0.15, 0.2) is 30.5 Å². The normalized spacial score (nSPS) is 29.8. The topological polar surface area (TPSA) is 158 Å². The molecule has 5 rings (SSSR count). The summed E-state index contributed by atoms with van der Waals surface area (Å²) in [5.74, 6) is -1.31. The van der Waals surface area contributed by atoms with Gasteiger partial charge in [0.25, 0.3) is 0 Å². The van der Waals surface area contributed by atoms with Gasteiger partial charge in [-0.15, -0.1) is 5.10 Å². The Kier molecular flexibility index (Phi) is 5.37. The summed E-state index contributed by atoms with van der Waals surface area (Å²) in [6.45, 7) is 0.732. The van der Waals surface area contributed by atoms with Crippen molar-refractivity contribution >= 4 is 23.5 Å². The molecule has 2 aliphatic carbocycles. The van der Waals surface area contributed by atoms with Gasteiger partial charge in [0.15, 0.2) is 0 Å². The smallest absolute Gasteiger partial charge is 0.325 e. The third-order valence-corrected chi connectivity index (χ3v) is 7.23. The van der Waals surface area contributed by atoms with Crippen LogP contribution in [0.3, 0.4) is 0 Å². The van der Waals surface area contributed by atoms with Crippen LogP contribution in [0.5, 0.6) is 0 Å². The molecule has 2 amide bonds. The number of benzene rings is 1. The van der Waals surface area contributed by atoms with E-state index in [1.54, 1.807) is 29.2 Å². The largest absolute Gasteiger partial charge is 0.480 e. The number of aromatic nitrogens is 3. The number of rotatable bonds is 6. The number of carbonyl (C=O) groups is 3. The first-order chi connectivity index (χ1) is 15.8. The summed E-state index contributed by atoms with van der Waals surface area (Å²) in [6.07, 6.45) is 0.587. The van der Waals surface area contributed by atoms with Crippen LogP contribution in [0.1, 0.15) is 12.8 Å². The van der Waals surface area contributed by atoms with E-state index < -0.39 is 24.1 Å². The van der Waals surface area contributed by atoms with Crippen molar-refractivity contribution < 1.29 is 29.7 Å². The minimum atomic E-state index is -1.03. The lowest BCUT2D eigenvalue weighted by atomic mass is 9.79. The van der Waals surface area contributed by atoms with E-state index in [1.165, 1.54) is 10.9 Å². The molecule has 3 fully saturated rings. The number of carbonyl (C=O) groups excluding carboxylic acids is 2. The maximum atomic E-state index is 12.7. The Hall–Kier alpha value is -3.31. The standard InChI is InChI=1S/C22H25N5O6/c28-18(6-19(29)26-7-15-13-5-14(16(15)8-26)22(33)21(13)32)23-12-3-1-2-11(4-12)17-9-27(25-24-17)10-20(30)31/h1-4,9,13-16,21-22,32-33H,5-8,10H2,(H,23,28)(H,30,31)/t13-,14+,15-,16+,21-,22+. The average molecular weight is 455 g/mol. The monoisotopic (exact) mass is 455 g/mol. The highest BCUT2D eigenvalue weighted by Crippen LogP contribution is 2.55. The molecule has 2 heterocycles. The van der Waals surface area contributed by atoms with Crippen LogP contribution >= 0.6 is 0 Å². The Labute approximate surface area is 189 Å². The van der Waals surface area contributed by atoms with Gasteiger partial charge in [-0.3, -0.25) is 14.4 Å². The number of hydrogen-bond donors (Lipinski definition) is 4. The zero-order chi connectivity index (χ0) is 23.3. The molecule has 174 valence electrons. The zero-order valence-corrected chi connectivity index (χ0v) is 17.7. The van der Waals surface area contributed by atoms with Crippen molar-refractivity contribution in [1.82, 2.24) is 19.9 Å². The number of nitrogens with one attached hydrogen (secondary N) is 1. The molecule has 0 unspecified atom stereocenters. The number of aliphatic hydroxyl groups excluding tert-OH is 2. The highest BCUT2D eigenvalue weighted by atomic mass is 16.4. The van der Waals surface area contributed by atoms with Crippen LogP contribution in [-0.2, 0) is 20.9 Å². The van der Waals surface area contributed by atoms with Gasteiger partial charge in [-0.05, 0) is 42.2 Å². The number of nitrogens with zero attached hydrogens (tertiary/aromatic N) is 4. The molecule has 33 heavy (non-hydrogen) atoms. The molecule has 11 nitrogen and oxygen atoms in total. The lowest BCUT2D eigenvalue weighted by Crippen LogP contribution is -2.41. The van der Waals surface area contributed by atoms with E-state index in [2.05, 4.69) is 15.6 Å². The lowest BCUT2D eigenvalue weighted by Gasteiger charge is -2.31. The van der Waals surface area contributed by atoms with E-state index in [0.717, 1.165) is 6.42 Å². The number of carboxylic acid groups (broad SMARTS) is 1. The Morgan fingerprint density at radius 3 is 2.42 bits per heavy atom. The summed E-state index contributed by atoms with van der Waals surface area (Å²) in [4.78, 5) is 37.7. The number of amides is 2. The molecular formula is C22H25N5O6. The second-order valence-corrected chi connectivity index (χ2v) is 9.17. The first kappa shape index (κ1) is 21.5. The number of hydrogen-bond acceptors (Lipinski definition) is 7. The fourth-order valence-electron chi connectivity index (χ4n) is 5.78. The second kappa shape index (κ2) is 8.23. The molecule has 1 aromatic carbocycles. The third-order valence-electron chi connectivity index (χ3n) is 7.23. The molecule has 1 saturated heterocycles. The Morgan fingerprint density at radius 1 is 1.06 bits per heavy atom. The van der Waals surface area contributed by atoms with Gasteiger partial charge in [-0.1, -0.05) is 17.3 Å². The van der Waals surface area contributed by atoms with Crippen molar-refractivity contribution in [1.29, 1.82) is 0 Å². The molecule has 6 atom stereocenters. The summed E-state index contributed by atoms with van der Waals surface area (Å²) >= 11 is 0. The first-order valence-electron chi connectivity index (χ1n) is 11.0. The molecule has 2 aromatic rings. The average Bonchev–Trinajstić information content (AvgIpc) is 3.51. The van der Waals surface area contributed by atoms with E-state index in [1.807, 2.05) is 0 Å². The number of anilines is 1. The van der Waals surface area contributed by atoms with E-state index >= 15 is 0 Å². The number of aliphatic hydroxyl groups is 2. The Morgan fingerprint density at radius 2 is 1.76 bits per heavy atom. The third kappa shape index (κ3) is 3.98. The molecule has 1 aliphatic heterocycles. The van der Waals surface area contributed by atoms with Crippen molar-refractivity contribution in [3.05, 3.63) is 30.5 Å². The quantitative estimate of drug-likeness (QED) is 0.436. The summed E-state index contributed by atoms with van der Waals surface area (Å²) in [5, 5.41) is 39.6. The molecule has 2 saturated carbocycles. The van der Waals surface area contributed by atoms with Crippen molar-refractivity contribution in [2.75, 3.05) is 18.4 Å². The predicted octanol–water partition coefficient (Wildman–Crippen LogP) is -0.196. The predicted molar refractivity (Wildman–Crippen MR) is 114 cm³/mol. The number of likely N-dealkylation sites (tertiary alicyclic amines) is 1. The van der Waals surface area contributed by atoms with Gasteiger partial charge in [0.2, 0.25) is 11.8 Å². The van der Waals surface area contributed by atoms with Gasteiger partial charge in [0, 0.05) is 24.3 Å². The van der Waals surface area contributed by atoms with Crippen molar-refractivity contribution in [2.45, 2.75) is 31.6 Å². The molecular weight excluding hydrogens is 430 g/mol. The maximum absolute atomic E-state index is 12.7. The van der Waals surface area contributed by atoms with Crippen molar-refractivity contribution in [3.8, 4) is 11.3 Å². The van der Waals surface area contributed by atoms with Crippen LogP contribution in [-0.4, -0.2) is 78.3 Å². The molecule has 0 spiro atoms. The van der Waals surface area contributed by atoms with Gasteiger partial charge in [0.1, 0.15) is 18.7 Å². The summed E-state index contributed by atoms with van der Waals surface area (Å²) in [7, 11) is 0. The molecule has 0 radical (unpaired) electrons. The molecule has 3 aliphatic rings. The minimum Gasteiger partial charge on any atom is -0.480 e. The zero-order valence-electron chi connectivity index (χ0n) is 17.7. The van der Waals surface area contributed by atoms with E-state index in [0.29, 0.717) is 30.0 Å². The van der Waals surface area contributed by atoms with Gasteiger partial charge in [-0.2, -0.15) is 0 Å². The van der Waals surface area contributed by atoms with Gasteiger partial charge < -0.3 is 25.5 Å².